The molecule has 33 heavy (non-hydrogen) atoms. The Bertz CT molecular complexity index is 1150. The average Bonchev–Trinajstić information content (AvgIpc) is 2.76. The lowest BCUT2D eigenvalue weighted by Gasteiger charge is -2.51. The van der Waals surface area contributed by atoms with Crippen molar-refractivity contribution >= 4 is 45.7 Å². The Balaban J connectivity index is 0.00000306. The van der Waals surface area contributed by atoms with Crippen LogP contribution in [0.1, 0.15) is 31.7 Å². The molecule has 0 aromatic heterocycles. The highest BCUT2D eigenvalue weighted by atomic mass is 35.5. The number of hydrogen-bond donors (Lipinski definition) is 2. The fraction of sp³-hybridized carbons (Fsp3) is 0.455. The Labute approximate surface area is 203 Å². The van der Waals surface area contributed by atoms with Gasteiger partial charge in [0.2, 0.25) is 11.8 Å². The molecule has 2 amide bonds. The maximum atomic E-state index is 16.5. The zero-order valence-electron chi connectivity index (χ0n) is 18.0. The third-order valence-corrected chi connectivity index (χ3v) is 8.97. The van der Waals surface area contributed by atoms with Gasteiger partial charge in [-0.1, -0.05) is 37.1 Å². The van der Waals surface area contributed by atoms with Gasteiger partial charge >= 0.3 is 0 Å². The fourth-order valence-electron chi connectivity index (χ4n) is 4.77. The lowest BCUT2D eigenvalue weighted by atomic mass is 9.56. The second-order valence-corrected chi connectivity index (χ2v) is 11.5. The van der Waals surface area contributed by atoms with Gasteiger partial charge in [0.25, 0.3) is 0 Å². The lowest BCUT2D eigenvalue weighted by molar-refractivity contribution is -0.133. The zero-order chi connectivity index (χ0) is 23.5. The molecule has 1 saturated heterocycles. The summed E-state index contributed by atoms with van der Waals surface area (Å²) in [6.45, 7) is 1.67. The minimum absolute atomic E-state index is 0. The second-order valence-electron chi connectivity index (χ2n) is 9.06. The molecule has 0 spiro atoms. The van der Waals surface area contributed by atoms with E-state index >= 15 is 4.39 Å². The van der Waals surface area contributed by atoms with Crippen LogP contribution in [0.2, 0.25) is 5.02 Å². The molecule has 1 aromatic rings. The molecular formula is C22H26Cl2FN3O4S. The molecule has 2 aliphatic carbocycles. The van der Waals surface area contributed by atoms with E-state index in [0.717, 1.165) is 12.5 Å². The van der Waals surface area contributed by atoms with Crippen molar-refractivity contribution < 1.29 is 22.4 Å². The smallest absolute Gasteiger partial charge is 0.245 e. The van der Waals surface area contributed by atoms with Crippen molar-refractivity contribution in [1.82, 2.24) is 4.90 Å². The molecule has 1 heterocycles. The summed E-state index contributed by atoms with van der Waals surface area (Å²) in [5.74, 6) is -3.63. The Hall–Kier alpha value is -1.94. The van der Waals surface area contributed by atoms with Gasteiger partial charge in [-0.2, -0.15) is 0 Å². The molecule has 4 N–H and O–H groups in total. The Morgan fingerprint density at radius 1 is 1.27 bits per heavy atom. The number of carbonyl (C=O) groups is 2. The summed E-state index contributed by atoms with van der Waals surface area (Å²) < 4.78 is 42.8. The molecular weight excluding hydrogens is 492 g/mol. The lowest BCUT2D eigenvalue weighted by Crippen LogP contribution is -2.56. The van der Waals surface area contributed by atoms with Gasteiger partial charge in [0.15, 0.2) is 15.5 Å². The number of rotatable bonds is 4. The first kappa shape index (κ1) is 25.7. The topological polar surface area (TPSA) is 124 Å². The zero-order valence-corrected chi connectivity index (χ0v) is 20.4. The number of alkyl halides is 1. The van der Waals surface area contributed by atoms with Crippen LogP contribution < -0.4 is 11.5 Å². The molecule has 2 fully saturated rings. The Morgan fingerprint density at radius 3 is 2.39 bits per heavy atom. The van der Waals surface area contributed by atoms with Gasteiger partial charge in [0.1, 0.15) is 0 Å². The van der Waals surface area contributed by atoms with E-state index in [0.29, 0.717) is 23.4 Å². The maximum absolute atomic E-state index is 16.5. The van der Waals surface area contributed by atoms with Crippen LogP contribution in [0.4, 0.5) is 4.39 Å². The van der Waals surface area contributed by atoms with E-state index in [9.17, 15) is 18.0 Å². The molecule has 7 nitrogen and oxygen atoms in total. The SMILES string of the molecule is CC1(C2(F)C=C3C(=CC2C(N)=O)N(Cc2ccc(Cl)cc2)C(=O)[C@@H](N)CS3(=O)=O)CCC1.Cl. The van der Waals surface area contributed by atoms with Crippen LogP contribution in [0.5, 0.6) is 0 Å². The first-order chi connectivity index (χ1) is 14.9. The van der Waals surface area contributed by atoms with E-state index in [2.05, 4.69) is 0 Å². The minimum atomic E-state index is -4.11. The molecule has 0 bridgehead atoms. The van der Waals surface area contributed by atoms with Crippen LogP contribution in [0.25, 0.3) is 0 Å². The number of carbonyl (C=O) groups excluding carboxylic acids is 2. The van der Waals surface area contributed by atoms with Crippen LogP contribution in [0, 0.1) is 11.3 Å². The van der Waals surface area contributed by atoms with Crippen molar-refractivity contribution in [2.75, 3.05) is 5.75 Å². The van der Waals surface area contributed by atoms with Crippen LogP contribution in [-0.2, 0) is 26.0 Å². The first-order valence-electron chi connectivity index (χ1n) is 10.4. The molecule has 0 radical (unpaired) electrons. The number of sulfone groups is 1. The molecule has 11 heteroatoms. The second kappa shape index (κ2) is 8.69. The molecule has 180 valence electrons. The predicted octanol–water partition coefficient (Wildman–Crippen LogP) is 2.63. The minimum Gasteiger partial charge on any atom is -0.369 e. The van der Waals surface area contributed by atoms with Gasteiger partial charge in [-0.25, -0.2) is 12.8 Å². The standard InChI is InChI=1S/C22H25ClFN3O4S.ClH/c1-21(7-2-8-21)22(24)10-18-17(9-15(22)19(26)28)27(11-13-3-5-14(23)6-4-13)20(29)16(25)12-32(18,30)31;/h3-6,9-10,15-16H,2,7-8,11-12,25H2,1H3,(H2,26,28);1H/t15?,16-,22?;/m0./s1. The van der Waals surface area contributed by atoms with Crippen LogP contribution in [0.3, 0.4) is 0 Å². The van der Waals surface area contributed by atoms with Crippen molar-refractivity contribution in [2.45, 2.75) is 44.4 Å². The summed E-state index contributed by atoms with van der Waals surface area (Å²) in [4.78, 5) is 26.3. The number of hydrogen-bond acceptors (Lipinski definition) is 5. The molecule has 3 aliphatic rings. The van der Waals surface area contributed by atoms with Gasteiger partial charge < -0.3 is 16.4 Å². The largest absolute Gasteiger partial charge is 0.369 e. The molecule has 4 rings (SSSR count). The number of primary amides is 1. The number of allylic oxidation sites excluding steroid dienone is 1. The molecule has 1 aromatic carbocycles. The monoisotopic (exact) mass is 517 g/mol. The normalized spacial score (nSPS) is 30.1. The highest BCUT2D eigenvalue weighted by molar-refractivity contribution is 7.95. The summed E-state index contributed by atoms with van der Waals surface area (Å²) in [6.07, 6.45) is 3.96. The molecule has 1 saturated carbocycles. The van der Waals surface area contributed by atoms with Crippen molar-refractivity contribution in [3.63, 3.8) is 0 Å². The summed E-state index contributed by atoms with van der Waals surface area (Å²) in [7, 11) is -4.11. The van der Waals surface area contributed by atoms with Crippen molar-refractivity contribution in [3.05, 3.63) is 57.6 Å². The van der Waals surface area contributed by atoms with Gasteiger partial charge in [0.05, 0.1) is 34.9 Å². The Morgan fingerprint density at radius 2 is 1.88 bits per heavy atom. The van der Waals surface area contributed by atoms with Crippen LogP contribution in [-0.4, -0.2) is 42.6 Å². The summed E-state index contributed by atoms with van der Waals surface area (Å²) in [6, 6.07) is 5.32. The summed E-state index contributed by atoms with van der Waals surface area (Å²) in [5.41, 5.74) is 8.89. The third-order valence-electron chi connectivity index (χ3n) is 6.92. The maximum Gasteiger partial charge on any atom is 0.245 e. The highest BCUT2D eigenvalue weighted by Gasteiger charge is 2.59. The number of nitrogens with two attached hydrogens (primary N) is 2. The van der Waals surface area contributed by atoms with E-state index in [4.69, 9.17) is 23.1 Å². The first-order valence-corrected chi connectivity index (χ1v) is 12.4. The molecule has 2 unspecified atom stereocenters. The number of halogens is 3. The predicted molar refractivity (Wildman–Crippen MR) is 126 cm³/mol. The average molecular weight is 518 g/mol. The number of benzene rings is 1. The molecule has 1 aliphatic heterocycles. The number of fused-ring (bicyclic) bond motifs is 1. The quantitative estimate of drug-likeness (QED) is 0.635. The van der Waals surface area contributed by atoms with E-state index in [1.54, 1.807) is 31.2 Å². The Kier molecular flexibility index (Phi) is 6.76. The summed E-state index contributed by atoms with van der Waals surface area (Å²) in [5, 5.41) is 0.498. The van der Waals surface area contributed by atoms with E-state index in [1.165, 1.54) is 11.0 Å². The van der Waals surface area contributed by atoms with Crippen molar-refractivity contribution in [2.24, 2.45) is 22.8 Å². The van der Waals surface area contributed by atoms with Crippen LogP contribution >= 0.6 is 24.0 Å². The van der Waals surface area contributed by atoms with Gasteiger partial charge in [-0.05, 0) is 42.7 Å². The van der Waals surface area contributed by atoms with Gasteiger partial charge in [-0.15, -0.1) is 12.4 Å². The number of nitrogens with zero attached hydrogens (tertiary/aromatic N) is 1. The third kappa shape index (κ3) is 4.20. The van der Waals surface area contributed by atoms with E-state index < -0.39 is 50.4 Å². The van der Waals surface area contributed by atoms with Gasteiger partial charge in [0, 0.05) is 10.4 Å². The summed E-state index contributed by atoms with van der Waals surface area (Å²) >= 11 is 5.93. The fourth-order valence-corrected chi connectivity index (χ4v) is 6.54. The highest BCUT2D eigenvalue weighted by Crippen LogP contribution is 2.57. The van der Waals surface area contributed by atoms with E-state index in [-0.39, 0.29) is 29.6 Å². The van der Waals surface area contributed by atoms with Crippen LogP contribution in [0.15, 0.2) is 47.0 Å². The van der Waals surface area contributed by atoms with Crippen molar-refractivity contribution in [1.29, 1.82) is 0 Å². The molecule has 3 atom stereocenters. The van der Waals surface area contributed by atoms with Crippen molar-refractivity contribution in [3.8, 4) is 0 Å². The number of amides is 2. The van der Waals surface area contributed by atoms with Gasteiger partial charge in [-0.3, -0.25) is 9.59 Å². The van der Waals surface area contributed by atoms with E-state index in [1.807, 2.05) is 0 Å².